The van der Waals surface area contributed by atoms with Gasteiger partial charge in [0.15, 0.2) is 0 Å². The number of nitrogens with zero attached hydrogens (tertiary/aromatic N) is 1. The van der Waals surface area contributed by atoms with E-state index in [9.17, 15) is 15.2 Å². The Morgan fingerprint density at radius 3 is 2.44 bits per heavy atom. The summed E-state index contributed by atoms with van der Waals surface area (Å²) in [6, 6.07) is 2.95. The van der Waals surface area contributed by atoms with E-state index >= 15 is 0 Å². The van der Waals surface area contributed by atoms with Crippen LogP contribution in [0.3, 0.4) is 0 Å². The smallest absolute Gasteiger partial charge is 0.313 e. The number of hydrogen-bond donors (Lipinski definition) is 2. The fraction of sp³-hybridized carbons (Fsp3) is 0.455. The van der Waals surface area contributed by atoms with Crippen molar-refractivity contribution in [2.45, 2.75) is 27.2 Å². The number of nitro benzene ring substituents is 1. The van der Waals surface area contributed by atoms with Gasteiger partial charge in [-0.2, -0.15) is 0 Å². The van der Waals surface area contributed by atoms with Crippen LogP contribution in [0.4, 0.5) is 11.4 Å². The standard InChI is InChI=1S/C11H16N2O3/c1-11(2,3)6-7-4-8(12)10(14)9(5-7)13(15)16/h4-5,14H,6,12H2,1-3H3. The second-order valence-electron chi connectivity index (χ2n) is 5.05. The number of phenolic OH excluding ortho intramolecular Hbond substituents is 1. The van der Waals surface area contributed by atoms with Gasteiger partial charge in [0.1, 0.15) is 0 Å². The van der Waals surface area contributed by atoms with Crippen molar-refractivity contribution in [2.24, 2.45) is 5.41 Å². The molecule has 0 radical (unpaired) electrons. The fourth-order valence-corrected chi connectivity index (χ4v) is 1.56. The summed E-state index contributed by atoms with van der Waals surface area (Å²) < 4.78 is 0. The van der Waals surface area contributed by atoms with E-state index in [4.69, 9.17) is 5.73 Å². The maximum atomic E-state index is 10.7. The zero-order valence-corrected chi connectivity index (χ0v) is 9.65. The molecule has 0 spiro atoms. The normalized spacial score (nSPS) is 11.4. The summed E-state index contributed by atoms with van der Waals surface area (Å²) in [4.78, 5) is 10.1. The number of nitrogens with two attached hydrogens (primary N) is 1. The second kappa shape index (κ2) is 4.00. The van der Waals surface area contributed by atoms with E-state index in [0.717, 1.165) is 5.56 Å². The molecule has 0 aliphatic heterocycles. The molecule has 3 N–H and O–H groups in total. The molecule has 5 heteroatoms. The maximum absolute atomic E-state index is 10.7. The number of hydrogen-bond acceptors (Lipinski definition) is 4. The molecule has 0 unspecified atom stereocenters. The van der Waals surface area contributed by atoms with E-state index in [1.54, 1.807) is 6.07 Å². The molecule has 88 valence electrons. The molecule has 0 fully saturated rings. The lowest BCUT2D eigenvalue weighted by molar-refractivity contribution is -0.385. The van der Waals surface area contributed by atoms with Crippen LogP contribution in [0.15, 0.2) is 12.1 Å². The number of benzene rings is 1. The Morgan fingerprint density at radius 1 is 1.44 bits per heavy atom. The third-order valence-electron chi connectivity index (χ3n) is 2.11. The van der Waals surface area contributed by atoms with Crippen molar-refractivity contribution in [2.75, 3.05) is 5.73 Å². The Balaban J connectivity index is 3.19. The van der Waals surface area contributed by atoms with Crippen LogP contribution in [0.5, 0.6) is 5.75 Å². The first-order valence-electron chi connectivity index (χ1n) is 4.96. The molecule has 0 aliphatic carbocycles. The molecular weight excluding hydrogens is 208 g/mol. The van der Waals surface area contributed by atoms with Crippen molar-refractivity contribution in [3.8, 4) is 5.75 Å². The minimum Gasteiger partial charge on any atom is -0.501 e. The summed E-state index contributed by atoms with van der Waals surface area (Å²) in [6.07, 6.45) is 0.665. The zero-order chi connectivity index (χ0) is 12.5. The monoisotopic (exact) mass is 224 g/mol. The topological polar surface area (TPSA) is 89.4 Å². The molecule has 0 bridgehead atoms. The van der Waals surface area contributed by atoms with Crippen molar-refractivity contribution in [3.63, 3.8) is 0 Å². The van der Waals surface area contributed by atoms with Gasteiger partial charge in [0.05, 0.1) is 10.6 Å². The van der Waals surface area contributed by atoms with Crippen LogP contribution >= 0.6 is 0 Å². The lowest BCUT2D eigenvalue weighted by atomic mass is 9.88. The first-order chi connectivity index (χ1) is 7.20. The minimum atomic E-state index is -0.627. The van der Waals surface area contributed by atoms with Crippen LogP contribution in [0.1, 0.15) is 26.3 Å². The summed E-state index contributed by atoms with van der Waals surface area (Å²) in [5.74, 6) is -0.456. The Kier molecular flexibility index (Phi) is 3.07. The first-order valence-corrected chi connectivity index (χ1v) is 4.96. The second-order valence-corrected chi connectivity index (χ2v) is 5.05. The summed E-state index contributed by atoms with van der Waals surface area (Å²) >= 11 is 0. The van der Waals surface area contributed by atoms with Crippen molar-refractivity contribution >= 4 is 11.4 Å². The largest absolute Gasteiger partial charge is 0.501 e. The number of nitro groups is 1. The van der Waals surface area contributed by atoms with Gasteiger partial charge < -0.3 is 10.8 Å². The van der Waals surface area contributed by atoms with Crippen molar-refractivity contribution in [3.05, 3.63) is 27.8 Å². The highest BCUT2D eigenvalue weighted by Crippen LogP contribution is 2.35. The molecule has 5 nitrogen and oxygen atoms in total. The Hall–Kier alpha value is -1.78. The SMILES string of the molecule is CC(C)(C)Cc1cc(N)c(O)c([N+](=O)[O-])c1. The van der Waals surface area contributed by atoms with Crippen LogP contribution in [-0.2, 0) is 6.42 Å². The molecule has 0 aliphatic rings. The number of phenols is 1. The van der Waals surface area contributed by atoms with E-state index in [1.807, 2.05) is 20.8 Å². The van der Waals surface area contributed by atoms with Gasteiger partial charge in [0, 0.05) is 6.07 Å². The Bertz CT molecular complexity index is 422. The molecule has 1 aromatic carbocycles. The lowest BCUT2D eigenvalue weighted by Crippen LogP contribution is -2.09. The third kappa shape index (κ3) is 2.85. The van der Waals surface area contributed by atoms with E-state index in [2.05, 4.69) is 0 Å². The summed E-state index contributed by atoms with van der Waals surface area (Å²) in [5, 5.41) is 20.1. The molecule has 1 rings (SSSR count). The number of aromatic hydroxyl groups is 1. The summed E-state index contributed by atoms with van der Waals surface area (Å²) in [5.41, 5.74) is 6.01. The average molecular weight is 224 g/mol. The van der Waals surface area contributed by atoms with Gasteiger partial charge in [-0.3, -0.25) is 10.1 Å². The van der Waals surface area contributed by atoms with Crippen LogP contribution < -0.4 is 5.73 Å². The molecule has 0 atom stereocenters. The van der Waals surface area contributed by atoms with Gasteiger partial charge in [0.25, 0.3) is 0 Å². The Labute approximate surface area is 94.0 Å². The van der Waals surface area contributed by atoms with Crippen molar-refractivity contribution < 1.29 is 10.0 Å². The number of rotatable bonds is 2. The molecular formula is C11H16N2O3. The van der Waals surface area contributed by atoms with Gasteiger partial charge in [-0.05, 0) is 23.5 Å². The zero-order valence-electron chi connectivity index (χ0n) is 9.65. The number of anilines is 1. The van der Waals surface area contributed by atoms with Crippen molar-refractivity contribution in [1.82, 2.24) is 0 Å². The molecule has 0 aromatic heterocycles. The van der Waals surface area contributed by atoms with E-state index in [-0.39, 0.29) is 16.8 Å². The highest BCUT2D eigenvalue weighted by atomic mass is 16.6. The number of nitrogen functional groups attached to an aromatic ring is 1. The van der Waals surface area contributed by atoms with Crippen LogP contribution in [-0.4, -0.2) is 10.0 Å². The Morgan fingerprint density at radius 2 is 2.00 bits per heavy atom. The molecule has 0 saturated carbocycles. The minimum absolute atomic E-state index is 0.0112. The van der Waals surface area contributed by atoms with Gasteiger partial charge >= 0.3 is 5.69 Å². The molecule has 0 heterocycles. The van der Waals surface area contributed by atoms with Gasteiger partial charge in [-0.25, -0.2) is 0 Å². The third-order valence-corrected chi connectivity index (χ3v) is 2.11. The summed E-state index contributed by atoms with van der Waals surface area (Å²) in [6.45, 7) is 6.09. The van der Waals surface area contributed by atoms with Gasteiger partial charge in [0.2, 0.25) is 5.75 Å². The highest BCUT2D eigenvalue weighted by Gasteiger charge is 2.20. The van der Waals surface area contributed by atoms with Gasteiger partial charge in [-0.15, -0.1) is 0 Å². The van der Waals surface area contributed by atoms with E-state index in [1.165, 1.54) is 6.07 Å². The molecule has 0 amide bonds. The fourth-order valence-electron chi connectivity index (χ4n) is 1.56. The highest BCUT2D eigenvalue weighted by molar-refractivity contribution is 5.64. The molecule has 16 heavy (non-hydrogen) atoms. The maximum Gasteiger partial charge on any atom is 0.313 e. The molecule has 1 aromatic rings. The van der Waals surface area contributed by atoms with E-state index in [0.29, 0.717) is 6.42 Å². The van der Waals surface area contributed by atoms with Gasteiger partial charge in [-0.1, -0.05) is 20.8 Å². The van der Waals surface area contributed by atoms with Crippen molar-refractivity contribution in [1.29, 1.82) is 0 Å². The van der Waals surface area contributed by atoms with Crippen LogP contribution in [0.25, 0.3) is 0 Å². The quantitative estimate of drug-likeness (QED) is 0.349. The van der Waals surface area contributed by atoms with E-state index < -0.39 is 10.7 Å². The predicted molar refractivity (Wildman–Crippen MR) is 62.3 cm³/mol. The lowest BCUT2D eigenvalue weighted by Gasteiger charge is -2.18. The van der Waals surface area contributed by atoms with Crippen LogP contribution in [0, 0.1) is 15.5 Å². The predicted octanol–water partition coefficient (Wildman–Crippen LogP) is 2.47. The molecule has 0 saturated heterocycles. The van der Waals surface area contributed by atoms with Crippen LogP contribution in [0.2, 0.25) is 0 Å². The first kappa shape index (κ1) is 12.3. The average Bonchev–Trinajstić information content (AvgIpc) is 2.07. The summed E-state index contributed by atoms with van der Waals surface area (Å²) in [7, 11) is 0.